The molecular formula is C25H24FN3O3. The second kappa shape index (κ2) is 9.28. The number of piperazine rings is 1. The maximum atomic E-state index is 13.1. The maximum absolute atomic E-state index is 13.1. The molecule has 0 saturated carbocycles. The Bertz CT molecular complexity index is 1180. The highest BCUT2D eigenvalue weighted by Gasteiger charge is 2.23. The molecule has 0 amide bonds. The van der Waals surface area contributed by atoms with E-state index in [9.17, 15) is 19.3 Å². The highest BCUT2D eigenvalue weighted by molar-refractivity contribution is 6.10. The molecule has 0 bridgehead atoms. The topological polar surface area (TPSA) is 66.7 Å². The molecule has 1 heterocycles. The average molecular weight is 433 g/mol. The van der Waals surface area contributed by atoms with E-state index >= 15 is 0 Å². The lowest BCUT2D eigenvalue weighted by atomic mass is 10.0. The zero-order valence-corrected chi connectivity index (χ0v) is 17.8. The molecule has 1 aliphatic heterocycles. The minimum Gasteiger partial charge on any atom is -0.372 e. The third kappa shape index (κ3) is 4.84. The van der Waals surface area contributed by atoms with Gasteiger partial charge in [0.15, 0.2) is 5.78 Å². The first kappa shape index (κ1) is 21.6. The number of rotatable bonds is 6. The predicted octanol–water partition coefficient (Wildman–Crippen LogP) is 4.79. The number of allylic oxidation sites excluding steroid dienone is 1. The Kier molecular flexibility index (Phi) is 6.28. The van der Waals surface area contributed by atoms with Crippen molar-refractivity contribution in [2.45, 2.75) is 19.5 Å². The van der Waals surface area contributed by atoms with Gasteiger partial charge >= 0.3 is 0 Å². The molecule has 164 valence electrons. The average Bonchev–Trinajstić information content (AvgIpc) is 2.79. The van der Waals surface area contributed by atoms with Crippen LogP contribution in [0.5, 0.6) is 0 Å². The molecule has 0 spiro atoms. The van der Waals surface area contributed by atoms with Crippen LogP contribution in [0, 0.1) is 15.9 Å². The molecule has 3 aromatic carbocycles. The summed E-state index contributed by atoms with van der Waals surface area (Å²) in [4.78, 5) is 28.2. The molecule has 4 rings (SSSR count). The van der Waals surface area contributed by atoms with Crippen molar-refractivity contribution in [3.63, 3.8) is 0 Å². The zero-order valence-electron chi connectivity index (χ0n) is 17.8. The van der Waals surface area contributed by atoms with Crippen molar-refractivity contribution >= 4 is 22.2 Å². The van der Waals surface area contributed by atoms with Gasteiger partial charge in [-0.3, -0.25) is 19.8 Å². The van der Waals surface area contributed by atoms with Gasteiger partial charge in [-0.25, -0.2) is 4.39 Å². The molecule has 7 heteroatoms. The number of nitrogens with zero attached hydrogens (tertiary/aromatic N) is 3. The van der Waals surface area contributed by atoms with Crippen LogP contribution in [0.25, 0.3) is 10.8 Å². The van der Waals surface area contributed by atoms with E-state index < -0.39 is 4.92 Å². The van der Waals surface area contributed by atoms with Gasteiger partial charge in [0.2, 0.25) is 0 Å². The standard InChI is InChI=1S/C25H24FN3O3/c1-18-16-27(17-19-6-8-22(26)9-7-19)12-13-28(18)11-10-25(30)23-14-20-4-2-3-5-21(20)15-24(23)29(31)32/h2-11,14-15,18H,12-13,16-17H2,1H3/b11-10+/t18-/m1/s1. The lowest BCUT2D eigenvalue weighted by Gasteiger charge is -2.39. The van der Waals surface area contributed by atoms with Crippen LogP contribution in [0.1, 0.15) is 22.8 Å². The summed E-state index contributed by atoms with van der Waals surface area (Å²) in [7, 11) is 0. The number of nitro groups is 1. The summed E-state index contributed by atoms with van der Waals surface area (Å²) in [6, 6.07) is 17.0. The fraction of sp³-hybridized carbons (Fsp3) is 0.240. The number of carbonyl (C=O) groups is 1. The number of benzene rings is 3. The first-order valence-electron chi connectivity index (χ1n) is 10.5. The molecule has 1 fully saturated rings. The van der Waals surface area contributed by atoms with Crippen LogP contribution in [0.15, 0.2) is 72.9 Å². The van der Waals surface area contributed by atoms with Gasteiger partial charge < -0.3 is 4.90 Å². The Morgan fingerprint density at radius 1 is 1.12 bits per heavy atom. The molecule has 3 aromatic rings. The van der Waals surface area contributed by atoms with Crippen LogP contribution in [0.2, 0.25) is 0 Å². The molecular weight excluding hydrogens is 409 g/mol. The Morgan fingerprint density at radius 3 is 2.47 bits per heavy atom. The van der Waals surface area contributed by atoms with E-state index in [-0.39, 0.29) is 28.9 Å². The number of ketones is 1. The first-order chi connectivity index (χ1) is 15.4. The molecule has 1 atom stereocenters. The van der Waals surface area contributed by atoms with E-state index in [0.29, 0.717) is 0 Å². The minimum absolute atomic E-state index is 0.0903. The van der Waals surface area contributed by atoms with E-state index in [2.05, 4.69) is 16.7 Å². The summed E-state index contributed by atoms with van der Waals surface area (Å²) >= 11 is 0. The van der Waals surface area contributed by atoms with Crippen molar-refractivity contribution in [2.75, 3.05) is 19.6 Å². The summed E-state index contributed by atoms with van der Waals surface area (Å²) in [6.45, 7) is 5.14. The van der Waals surface area contributed by atoms with Crippen LogP contribution in [0.4, 0.5) is 10.1 Å². The number of hydrogen-bond acceptors (Lipinski definition) is 5. The molecule has 1 saturated heterocycles. The first-order valence-corrected chi connectivity index (χ1v) is 10.5. The Labute approximate surface area is 185 Å². The van der Waals surface area contributed by atoms with Gasteiger partial charge in [-0.05, 0) is 41.5 Å². The molecule has 1 aliphatic rings. The molecule has 0 unspecified atom stereocenters. The van der Waals surface area contributed by atoms with Crippen molar-refractivity contribution in [1.82, 2.24) is 9.80 Å². The fourth-order valence-electron chi connectivity index (χ4n) is 4.09. The SMILES string of the molecule is C[C@@H]1CN(Cc2ccc(F)cc2)CCN1/C=C/C(=O)c1cc2ccccc2cc1[N+](=O)[O-]. The second-order valence-corrected chi connectivity index (χ2v) is 8.10. The predicted molar refractivity (Wildman–Crippen MR) is 122 cm³/mol. The van der Waals surface area contributed by atoms with Crippen molar-refractivity contribution < 1.29 is 14.1 Å². The summed E-state index contributed by atoms with van der Waals surface area (Å²) in [5, 5.41) is 13.0. The Hall–Kier alpha value is -3.58. The monoisotopic (exact) mass is 433 g/mol. The van der Waals surface area contributed by atoms with E-state index in [1.54, 1.807) is 30.5 Å². The minimum atomic E-state index is -0.510. The number of carbonyl (C=O) groups excluding carboxylic acids is 1. The molecule has 0 N–H and O–H groups in total. The molecule has 32 heavy (non-hydrogen) atoms. The zero-order chi connectivity index (χ0) is 22.7. The van der Waals surface area contributed by atoms with Gasteiger partial charge in [-0.15, -0.1) is 0 Å². The van der Waals surface area contributed by atoms with E-state index in [1.807, 2.05) is 18.2 Å². The van der Waals surface area contributed by atoms with Gasteiger partial charge in [0, 0.05) is 50.6 Å². The van der Waals surface area contributed by atoms with Crippen LogP contribution >= 0.6 is 0 Å². The van der Waals surface area contributed by atoms with Gasteiger partial charge in [-0.2, -0.15) is 0 Å². The van der Waals surface area contributed by atoms with Gasteiger partial charge in [0.05, 0.1) is 4.92 Å². The van der Waals surface area contributed by atoms with E-state index in [1.165, 1.54) is 24.3 Å². The van der Waals surface area contributed by atoms with E-state index in [0.717, 1.165) is 42.5 Å². The Balaban J connectivity index is 1.44. The van der Waals surface area contributed by atoms with Gasteiger partial charge in [0.25, 0.3) is 5.69 Å². The molecule has 0 aliphatic carbocycles. The van der Waals surface area contributed by atoms with Crippen molar-refractivity contribution in [3.8, 4) is 0 Å². The lowest BCUT2D eigenvalue weighted by molar-refractivity contribution is -0.385. The normalized spacial score (nSPS) is 17.2. The van der Waals surface area contributed by atoms with Gasteiger partial charge in [-0.1, -0.05) is 36.4 Å². The molecule has 0 radical (unpaired) electrons. The van der Waals surface area contributed by atoms with Crippen LogP contribution < -0.4 is 0 Å². The number of halogens is 1. The number of nitro benzene ring substituents is 1. The smallest absolute Gasteiger partial charge is 0.281 e. The van der Waals surface area contributed by atoms with E-state index in [4.69, 9.17) is 0 Å². The highest BCUT2D eigenvalue weighted by atomic mass is 19.1. The van der Waals surface area contributed by atoms with Gasteiger partial charge in [0.1, 0.15) is 11.4 Å². The van der Waals surface area contributed by atoms with Crippen molar-refractivity contribution in [3.05, 3.63) is 100.0 Å². The number of fused-ring (bicyclic) bond motifs is 1. The fourth-order valence-corrected chi connectivity index (χ4v) is 4.09. The van der Waals surface area contributed by atoms with Crippen LogP contribution in [0.3, 0.4) is 0 Å². The maximum Gasteiger partial charge on any atom is 0.281 e. The summed E-state index contributed by atoms with van der Waals surface area (Å²) in [5.41, 5.74) is 0.962. The second-order valence-electron chi connectivity index (χ2n) is 8.10. The highest BCUT2D eigenvalue weighted by Crippen LogP contribution is 2.27. The van der Waals surface area contributed by atoms with Crippen molar-refractivity contribution in [2.24, 2.45) is 0 Å². The van der Waals surface area contributed by atoms with Crippen LogP contribution in [-0.4, -0.2) is 46.2 Å². The van der Waals surface area contributed by atoms with Crippen LogP contribution in [-0.2, 0) is 6.54 Å². The summed E-state index contributed by atoms with van der Waals surface area (Å²) in [5.74, 6) is -0.628. The molecule has 6 nitrogen and oxygen atoms in total. The quantitative estimate of drug-likeness (QED) is 0.242. The third-order valence-electron chi connectivity index (χ3n) is 5.83. The Morgan fingerprint density at radius 2 is 1.81 bits per heavy atom. The largest absolute Gasteiger partial charge is 0.372 e. The lowest BCUT2D eigenvalue weighted by Crippen LogP contribution is -2.49. The summed E-state index contributed by atoms with van der Waals surface area (Å²) in [6.07, 6.45) is 3.16. The third-order valence-corrected chi connectivity index (χ3v) is 5.83. The summed E-state index contributed by atoms with van der Waals surface area (Å²) < 4.78 is 13.1. The molecule has 0 aromatic heterocycles. The van der Waals surface area contributed by atoms with Crippen molar-refractivity contribution in [1.29, 1.82) is 0 Å². The number of hydrogen-bond donors (Lipinski definition) is 0.